The van der Waals surface area contributed by atoms with Crippen LogP contribution < -0.4 is 10.1 Å². The second kappa shape index (κ2) is 7.69. The zero-order valence-electron chi connectivity index (χ0n) is 14.9. The van der Waals surface area contributed by atoms with Crippen LogP contribution in [-0.4, -0.2) is 20.6 Å². The molecule has 8 nitrogen and oxygen atoms in total. The molecular formula is C19H18N4O4. The number of nitrogens with one attached hydrogen (secondary N) is 1. The van der Waals surface area contributed by atoms with E-state index in [9.17, 15) is 14.9 Å². The lowest BCUT2D eigenvalue weighted by molar-refractivity contribution is -0.384. The van der Waals surface area contributed by atoms with Crippen molar-refractivity contribution in [3.63, 3.8) is 0 Å². The molecule has 2 aromatic carbocycles. The first-order valence-corrected chi connectivity index (χ1v) is 8.23. The van der Waals surface area contributed by atoms with Crippen LogP contribution in [0.5, 0.6) is 11.5 Å². The van der Waals surface area contributed by atoms with E-state index < -0.39 is 4.92 Å². The molecule has 27 heavy (non-hydrogen) atoms. The maximum Gasteiger partial charge on any atom is 0.275 e. The van der Waals surface area contributed by atoms with E-state index >= 15 is 0 Å². The molecular weight excluding hydrogens is 348 g/mol. The van der Waals surface area contributed by atoms with Crippen LogP contribution in [0.3, 0.4) is 0 Å². The van der Waals surface area contributed by atoms with Gasteiger partial charge in [-0.05, 0) is 31.5 Å². The fourth-order valence-corrected chi connectivity index (χ4v) is 2.52. The largest absolute Gasteiger partial charge is 0.457 e. The number of para-hydroxylation sites is 1. The third-order valence-corrected chi connectivity index (χ3v) is 3.93. The molecule has 0 aliphatic heterocycles. The molecule has 1 heterocycles. The number of ether oxygens (including phenoxy) is 1. The Kier molecular flexibility index (Phi) is 5.16. The molecule has 0 unspecified atom stereocenters. The number of carbonyl (C=O) groups excluding carboxylic acids is 1. The molecule has 1 amide bonds. The molecule has 3 rings (SSSR count). The Morgan fingerprint density at radius 1 is 1.22 bits per heavy atom. The first kappa shape index (κ1) is 18.1. The van der Waals surface area contributed by atoms with Crippen molar-refractivity contribution in [3.05, 3.63) is 76.1 Å². The second-order valence-corrected chi connectivity index (χ2v) is 6.02. The van der Waals surface area contributed by atoms with Gasteiger partial charge in [0.2, 0.25) is 5.91 Å². The fraction of sp³-hybridized carbons (Fsp3) is 0.158. The van der Waals surface area contributed by atoms with E-state index in [2.05, 4.69) is 10.4 Å². The number of nitro benzene ring substituents is 1. The predicted molar refractivity (Wildman–Crippen MR) is 99.9 cm³/mol. The summed E-state index contributed by atoms with van der Waals surface area (Å²) in [5.74, 6) is 0.510. The van der Waals surface area contributed by atoms with E-state index in [0.29, 0.717) is 5.75 Å². The molecule has 0 radical (unpaired) electrons. The standard InChI is InChI=1S/C19H18N4O4/c1-13-5-3-4-6-18(13)27-17-10-15(9-16(11-17)23(25)26)21-19(24)12-22-14(2)7-8-20-22/h3-11H,12H2,1-2H3,(H,21,24). The summed E-state index contributed by atoms with van der Waals surface area (Å²) in [6.07, 6.45) is 1.60. The fourth-order valence-electron chi connectivity index (χ4n) is 2.52. The summed E-state index contributed by atoms with van der Waals surface area (Å²) in [5, 5.41) is 17.9. The number of carbonyl (C=O) groups is 1. The normalized spacial score (nSPS) is 10.4. The molecule has 0 saturated heterocycles. The Balaban J connectivity index is 1.83. The Morgan fingerprint density at radius 3 is 2.67 bits per heavy atom. The number of benzene rings is 2. The summed E-state index contributed by atoms with van der Waals surface area (Å²) in [4.78, 5) is 23.0. The number of hydrogen-bond acceptors (Lipinski definition) is 5. The quantitative estimate of drug-likeness (QED) is 0.528. The molecule has 0 saturated carbocycles. The summed E-state index contributed by atoms with van der Waals surface area (Å²) in [7, 11) is 0. The number of nitro groups is 1. The molecule has 1 N–H and O–H groups in total. The highest BCUT2D eigenvalue weighted by molar-refractivity contribution is 5.91. The van der Waals surface area contributed by atoms with Crippen molar-refractivity contribution >= 4 is 17.3 Å². The third kappa shape index (κ3) is 4.49. The van der Waals surface area contributed by atoms with Gasteiger partial charge in [0, 0.05) is 24.0 Å². The van der Waals surface area contributed by atoms with Gasteiger partial charge in [-0.15, -0.1) is 0 Å². The topological polar surface area (TPSA) is 99.3 Å². The number of rotatable bonds is 6. The lowest BCUT2D eigenvalue weighted by Crippen LogP contribution is -2.20. The second-order valence-electron chi connectivity index (χ2n) is 6.02. The number of anilines is 1. The van der Waals surface area contributed by atoms with Crippen molar-refractivity contribution in [2.75, 3.05) is 5.32 Å². The van der Waals surface area contributed by atoms with Crippen molar-refractivity contribution in [3.8, 4) is 11.5 Å². The average Bonchev–Trinajstić information content (AvgIpc) is 3.01. The van der Waals surface area contributed by atoms with Crippen LogP contribution in [0, 0.1) is 24.0 Å². The number of aromatic nitrogens is 2. The number of hydrogen-bond donors (Lipinski definition) is 1. The van der Waals surface area contributed by atoms with Gasteiger partial charge in [0.15, 0.2) is 0 Å². The zero-order valence-corrected chi connectivity index (χ0v) is 14.9. The van der Waals surface area contributed by atoms with E-state index in [1.807, 2.05) is 32.0 Å². The highest BCUT2D eigenvalue weighted by Crippen LogP contribution is 2.31. The Hall–Kier alpha value is -3.68. The number of aryl methyl sites for hydroxylation is 2. The average molecular weight is 366 g/mol. The lowest BCUT2D eigenvalue weighted by Gasteiger charge is -2.11. The van der Waals surface area contributed by atoms with Gasteiger partial charge in [0.25, 0.3) is 5.69 Å². The first-order valence-electron chi connectivity index (χ1n) is 8.23. The molecule has 138 valence electrons. The van der Waals surface area contributed by atoms with Crippen LogP contribution in [0.2, 0.25) is 0 Å². The van der Waals surface area contributed by atoms with Gasteiger partial charge in [0.05, 0.1) is 16.7 Å². The molecule has 1 aromatic heterocycles. The predicted octanol–water partition coefficient (Wildman–Crippen LogP) is 3.84. The summed E-state index contributed by atoms with van der Waals surface area (Å²) >= 11 is 0. The summed E-state index contributed by atoms with van der Waals surface area (Å²) in [6, 6.07) is 13.3. The minimum Gasteiger partial charge on any atom is -0.457 e. The Bertz CT molecular complexity index is 997. The minimum absolute atomic E-state index is 0.00943. The van der Waals surface area contributed by atoms with Crippen LogP contribution in [-0.2, 0) is 11.3 Å². The van der Waals surface area contributed by atoms with Crippen LogP contribution >= 0.6 is 0 Å². The van der Waals surface area contributed by atoms with E-state index in [0.717, 1.165) is 11.3 Å². The third-order valence-electron chi connectivity index (χ3n) is 3.93. The van der Waals surface area contributed by atoms with Crippen molar-refractivity contribution in [2.24, 2.45) is 0 Å². The first-order chi connectivity index (χ1) is 12.9. The number of nitrogens with zero attached hydrogens (tertiary/aromatic N) is 3. The molecule has 0 atom stereocenters. The molecule has 8 heteroatoms. The van der Waals surface area contributed by atoms with Gasteiger partial charge in [0.1, 0.15) is 18.0 Å². The lowest BCUT2D eigenvalue weighted by atomic mass is 10.2. The highest BCUT2D eigenvalue weighted by atomic mass is 16.6. The smallest absolute Gasteiger partial charge is 0.275 e. The van der Waals surface area contributed by atoms with E-state index in [1.165, 1.54) is 16.8 Å². The number of non-ortho nitro benzene ring substituents is 1. The van der Waals surface area contributed by atoms with Gasteiger partial charge in [-0.3, -0.25) is 19.6 Å². The number of amides is 1. The summed E-state index contributed by atoms with van der Waals surface area (Å²) in [5.41, 5.74) is 1.84. The maximum absolute atomic E-state index is 12.3. The highest BCUT2D eigenvalue weighted by Gasteiger charge is 2.14. The monoisotopic (exact) mass is 366 g/mol. The van der Waals surface area contributed by atoms with Crippen molar-refractivity contribution in [2.45, 2.75) is 20.4 Å². The van der Waals surface area contributed by atoms with Crippen LogP contribution in [0.4, 0.5) is 11.4 Å². The van der Waals surface area contributed by atoms with Crippen molar-refractivity contribution in [1.82, 2.24) is 9.78 Å². The van der Waals surface area contributed by atoms with Crippen LogP contribution in [0.15, 0.2) is 54.7 Å². The van der Waals surface area contributed by atoms with E-state index in [1.54, 1.807) is 24.4 Å². The van der Waals surface area contributed by atoms with E-state index in [-0.39, 0.29) is 29.6 Å². The maximum atomic E-state index is 12.3. The Labute approximate surface area is 155 Å². The van der Waals surface area contributed by atoms with Crippen LogP contribution in [0.1, 0.15) is 11.3 Å². The van der Waals surface area contributed by atoms with Gasteiger partial charge in [-0.1, -0.05) is 18.2 Å². The molecule has 0 bridgehead atoms. The van der Waals surface area contributed by atoms with Gasteiger partial charge < -0.3 is 10.1 Å². The van der Waals surface area contributed by atoms with Crippen molar-refractivity contribution in [1.29, 1.82) is 0 Å². The molecule has 0 fully saturated rings. The zero-order chi connectivity index (χ0) is 19.4. The van der Waals surface area contributed by atoms with E-state index in [4.69, 9.17) is 4.74 Å². The van der Waals surface area contributed by atoms with Crippen molar-refractivity contribution < 1.29 is 14.5 Å². The SMILES string of the molecule is Cc1ccccc1Oc1cc(NC(=O)Cn2nccc2C)cc([N+](=O)[O-])c1. The Morgan fingerprint density at radius 2 is 2.00 bits per heavy atom. The molecule has 0 aliphatic rings. The van der Waals surface area contributed by atoms with Gasteiger partial charge in [-0.25, -0.2) is 0 Å². The van der Waals surface area contributed by atoms with Crippen LogP contribution in [0.25, 0.3) is 0 Å². The van der Waals surface area contributed by atoms with Gasteiger partial charge in [-0.2, -0.15) is 5.10 Å². The summed E-state index contributed by atoms with van der Waals surface area (Å²) < 4.78 is 7.31. The molecule has 0 aliphatic carbocycles. The molecule has 0 spiro atoms. The molecule has 3 aromatic rings. The summed E-state index contributed by atoms with van der Waals surface area (Å²) in [6.45, 7) is 3.72. The van der Waals surface area contributed by atoms with Gasteiger partial charge >= 0.3 is 0 Å². The minimum atomic E-state index is -0.530.